The normalized spacial score (nSPS) is 39.0. The molecule has 4 fully saturated rings. The first-order valence-electron chi connectivity index (χ1n) is 7.58. The molecule has 98 valence electrons. The van der Waals surface area contributed by atoms with Crippen LogP contribution in [-0.4, -0.2) is 61.2 Å². The number of rotatable bonds is 5. The monoisotopic (exact) mass is 237 g/mol. The third kappa shape index (κ3) is 2.38. The van der Waals surface area contributed by atoms with Gasteiger partial charge >= 0.3 is 0 Å². The van der Waals surface area contributed by atoms with Crippen molar-refractivity contribution in [1.82, 2.24) is 15.1 Å². The Morgan fingerprint density at radius 1 is 1.18 bits per heavy atom. The van der Waals surface area contributed by atoms with E-state index in [1.807, 2.05) is 0 Å². The van der Waals surface area contributed by atoms with Crippen molar-refractivity contribution in [1.29, 1.82) is 0 Å². The third-order valence-electron chi connectivity index (χ3n) is 5.02. The number of piperazine rings is 3. The summed E-state index contributed by atoms with van der Waals surface area (Å²) in [5.41, 5.74) is 0. The van der Waals surface area contributed by atoms with E-state index in [4.69, 9.17) is 0 Å². The Bertz CT molecular complexity index is 244. The first-order valence-corrected chi connectivity index (χ1v) is 7.58. The molecule has 4 aliphatic rings. The molecule has 3 heterocycles. The molecule has 0 amide bonds. The molecule has 0 aromatic carbocycles. The van der Waals surface area contributed by atoms with Crippen molar-refractivity contribution in [2.45, 2.75) is 44.7 Å². The molecule has 3 aliphatic heterocycles. The van der Waals surface area contributed by atoms with E-state index in [-0.39, 0.29) is 0 Å². The number of hydrogen-bond donors (Lipinski definition) is 1. The maximum absolute atomic E-state index is 3.86. The van der Waals surface area contributed by atoms with Gasteiger partial charge in [-0.1, -0.05) is 13.3 Å². The van der Waals surface area contributed by atoms with Crippen LogP contribution in [0.5, 0.6) is 0 Å². The lowest BCUT2D eigenvalue weighted by molar-refractivity contribution is -0.0208. The Hall–Kier alpha value is -0.120. The molecule has 17 heavy (non-hydrogen) atoms. The molecule has 4 rings (SSSR count). The fourth-order valence-corrected chi connectivity index (χ4v) is 3.73. The first kappa shape index (κ1) is 11.9. The van der Waals surface area contributed by atoms with Gasteiger partial charge in [-0.15, -0.1) is 0 Å². The summed E-state index contributed by atoms with van der Waals surface area (Å²) in [6.45, 7) is 10.0. The SMILES string of the molecule is CCCNC(C1CCC1)C1CN2CCN1CC2. The minimum Gasteiger partial charge on any atom is -0.312 e. The predicted octanol–water partition coefficient (Wildman–Crippen LogP) is 1.15. The van der Waals surface area contributed by atoms with Crippen LogP contribution < -0.4 is 5.32 Å². The van der Waals surface area contributed by atoms with Crippen molar-refractivity contribution >= 4 is 0 Å². The maximum atomic E-state index is 3.86. The smallest absolute Gasteiger partial charge is 0.0380 e. The fraction of sp³-hybridized carbons (Fsp3) is 1.00. The highest BCUT2D eigenvalue weighted by atomic mass is 15.4. The van der Waals surface area contributed by atoms with Gasteiger partial charge in [-0.05, 0) is 31.7 Å². The predicted molar refractivity (Wildman–Crippen MR) is 71.2 cm³/mol. The molecule has 0 spiro atoms. The van der Waals surface area contributed by atoms with Gasteiger partial charge in [0, 0.05) is 44.8 Å². The largest absolute Gasteiger partial charge is 0.312 e. The van der Waals surface area contributed by atoms with Crippen molar-refractivity contribution in [3.05, 3.63) is 0 Å². The standard InChI is InChI=1S/C14H27N3/c1-2-6-15-14(12-4-3-5-12)13-11-16-7-9-17(13)10-8-16/h12-15H,2-11H2,1H3. The average molecular weight is 237 g/mol. The van der Waals surface area contributed by atoms with Gasteiger partial charge in [0.05, 0.1) is 0 Å². The third-order valence-corrected chi connectivity index (χ3v) is 5.02. The van der Waals surface area contributed by atoms with Crippen LogP contribution in [0.15, 0.2) is 0 Å². The lowest BCUT2D eigenvalue weighted by atomic mass is 9.75. The van der Waals surface area contributed by atoms with Gasteiger partial charge in [0.2, 0.25) is 0 Å². The molecule has 3 saturated heterocycles. The van der Waals surface area contributed by atoms with E-state index in [1.165, 1.54) is 65.0 Å². The molecule has 1 N–H and O–H groups in total. The molecule has 2 unspecified atom stereocenters. The van der Waals surface area contributed by atoms with E-state index in [9.17, 15) is 0 Å². The van der Waals surface area contributed by atoms with Crippen LogP contribution >= 0.6 is 0 Å². The maximum Gasteiger partial charge on any atom is 0.0380 e. The van der Waals surface area contributed by atoms with Crippen LogP contribution in [0.3, 0.4) is 0 Å². The number of nitrogens with zero attached hydrogens (tertiary/aromatic N) is 2. The van der Waals surface area contributed by atoms with E-state index in [0.717, 1.165) is 18.0 Å². The Balaban J connectivity index is 1.64. The lowest BCUT2D eigenvalue weighted by Crippen LogP contribution is -2.68. The van der Waals surface area contributed by atoms with E-state index >= 15 is 0 Å². The minimum atomic E-state index is 0.770. The summed E-state index contributed by atoms with van der Waals surface area (Å²) in [7, 11) is 0. The molecule has 2 atom stereocenters. The van der Waals surface area contributed by atoms with E-state index in [1.54, 1.807) is 0 Å². The Labute approximate surface area is 106 Å². The Morgan fingerprint density at radius 3 is 2.41 bits per heavy atom. The zero-order valence-corrected chi connectivity index (χ0v) is 11.2. The van der Waals surface area contributed by atoms with Gasteiger partial charge in [0.25, 0.3) is 0 Å². The van der Waals surface area contributed by atoms with Crippen LogP contribution in [-0.2, 0) is 0 Å². The van der Waals surface area contributed by atoms with Crippen LogP contribution in [0, 0.1) is 5.92 Å². The van der Waals surface area contributed by atoms with E-state index < -0.39 is 0 Å². The van der Waals surface area contributed by atoms with Crippen molar-refractivity contribution in [3.8, 4) is 0 Å². The topological polar surface area (TPSA) is 18.5 Å². The highest BCUT2D eigenvalue weighted by Crippen LogP contribution is 2.34. The van der Waals surface area contributed by atoms with Crippen molar-refractivity contribution in [2.75, 3.05) is 39.3 Å². The molecule has 1 saturated carbocycles. The van der Waals surface area contributed by atoms with Gasteiger partial charge in [-0.25, -0.2) is 0 Å². The molecule has 3 heteroatoms. The number of fused-ring (bicyclic) bond motifs is 3. The second-order valence-corrected chi connectivity index (χ2v) is 6.07. The lowest BCUT2D eigenvalue weighted by Gasteiger charge is -2.53. The molecular weight excluding hydrogens is 210 g/mol. The van der Waals surface area contributed by atoms with Gasteiger partial charge in [-0.3, -0.25) is 9.80 Å². The minimum absolute atomic E-state index is 0.770. The number of nitrogens with one attached hydrogen (secondary N) is 1. The van der Waals surface area contributed by atoms with Crippen LogP contribution in [0.4, 0.5) is 0 Å². The summed E-state index contributed by atoms with van der Waals surface area (Å²) in [5, 5.41) is 3.86. The summed E-state index contributed by atoms with van der Waals surface area (Å²) in [4.78, 5) is 5.43. The van der Waals surface area contributed by atoms with Crippen LogP contribution in [0.1, 0.15) is 32.6 Å². The zero-order chi connectivity index (χ0) is 11.7. The van der Waals surface area contributed by atoms with Crippen molar-refractivity contribution in [3.63, 3.8) is 0 Å². The molecule has 3 nitrogen and oxygen atoms in total. The average Bonchev–Trinajstić information content (AvgIpc) is 2.33. The van der Waals surface area contributed by atoms with Gasteiger partial charge < -0.3 is 5.32 Å². The summed E-state index contributed by atoms with van der Waals surface area (Å²) >= 11 is 0. The molecule has 2 bridgehead atoms. The first-order chi connectivity index (χ1) is 8.38. The highest BCUT2D eigenvalue weighted by Gasteiger charge is 2.40. The zero-order valence-electron chi connectivity index (χ0n) is 11.2. The van der Waals surface area contributed by atoms with E-state index in [2.05, 4.69) is 22.0 Å². The second kappa shape index (κ2) is 5.25. The van der Waals surface area contributed by atoms with Crippen molar-refractivity contribution in [2.24, 2.45) is 5.92 Å². The van der Waals surface area contributed by atoms with Gasteiger partial charge in [-0.2, -0.15) is 0 Å². The molecule has 0 aromatic rings. The van der Waals surface area contributed by atoms with Gasteiger partial charge in [0.15, 0.2) is 0 Å². The molecule has 0 radical (unpaired) electrons. The number of hydrogen-bond acceptors (Lipinski definition) is 3. The molecular formula is C14H27N3. The van der Waals surface area contributed by atoms with E-state index in [0.29, 0.717) is 0 Å². The van der Waals surface area contributed by atoms with Crippen LogP contribution in [0.2, 0.25) is 0 Å². The Morgan fingerprint density at radius 2 is 1.94 bits per heavy atom. The van der Waals surface area contributed by atoms with Crippen molar-refractivity contribution < 1.29 is 0 Å². The summed E-state index contributed by atoms with van der Waals surface area (Å²) in [6.07, 6.45) is 5.66. The quantitative estimate of drug-likeness (QED) is 0.774. The highest BCUT2D eigenvalue weighted by molar-refractivity contribution is 4.99. The summed E-state index contributed by atoms with van der Waals surface area (Å²) in [5.74, 6) is 0.965. The van der Waals surface area contributed by atoms with Gasteiger partial charge in [0.1, 0.15) is 0 Å². The van der Waals surface area contributed by atoms with Crippen LogP contribution in [0.25, 0.3) is 0 Å². The second-order valence-electron chi connectivity index (χ2n) is 6.07. The fourth-order valence-electron chi connectivity index (χ4n) is 3.73. The molecule has 0 aromatic heterocycles. The Kier molecular flexibility index (Phi) is 3.69. The molecule has 1 aliphatic carbocycles. The summed E-state index contributed by atoms with van der Waals surface area (Å²) < 4.78 is 0. The summed E-state index contributed by atoms with van der Waals surface area (Å²) in [6, 6.07) is 1.57.